The molecule has 2 aliphatic rings. The van der Waals surface area contributed by atoms with E-state index in [1.807, 2.05) is 11.9 Å². The maximum atomic E-state index is 13.2. The highest BCUT2D eigenvalue weighted by atomic mass is 19.1. The van der Waals surface area contributed by atoms with Crippen molar-refractivity contribution in [2.45, 2.75) is 56.8 Å². The number of rotatable bonds is 2. The summed E-state index contributed by atoms with van der Waals surface area (Å²) < 4.78 is 13.2. The number of amides is 1. The lowest BCUT2D eigenvalue weighted by atomic mass is 10.00. The zero-order valence-electron chi connectivity index (χ0n) is 10.1. The number of alkyl halides is 1. The topological polar surface area (TPSA) is 32.3 Å². The number of likely N-dealkylation sites (tertiary alicyclic amines) is 1. The van der Waals surface area contributed by atoms with E-state index in [9.17, 15) is 9.18 Å². The Kier molecular flexibility index (Phi) is 3.19. The average molecular weight is 228 g/mol. The van der Waals surface area contributed by atoms with Gasteiger partial charge in [0, 0.05) is 18.5 Å². The molecular formula is C12H21FN2O. The first-order chi connectivity index (χ1) is 7.50. The Morgan fingerprint density at radius 1 is 1.44 bits per heavy atom. The highest BCUT2D eigenvalue weighted by Crippen LogP contribution is 2.29. The van der Waals surface area contributed by atoms with Gasteiger partial charge in [-0.15, -0.1) is 0 Å². The molecule has 1 heterocycles. The Morgan fingerprint density at radius 2 is 2.06 bits per heavy atom. The van der Waals surface area contributed by atoms with Crippen LogP contribution in [0, 0.1) is 0 Å². The van der Waals surface area contributed by atoms with E-state index >= 15 is 0 Å². The standard InChI is InChI=1S/C12H21FN2O/c1-12(5-3-4-6-12)14-11(16)10-7-9(13)8-15(10)2/h9-10H,3-8H2,1-2H3,(H,14,16)/t9-,10-/m0/s1. The van der Waals surface area contributed by atoms with E-state index in [0.717, 1.165) is 12.8 Å². The zero-order chi connectivity index (χ0) is 11.8. The molecule has 92 valence electrons. The van der Waals surface area contributed by atoms with Gasteiger partial charge in [0.1, 0.15) is 6.17 Å². The van der Waals surface area contributed by atoms with Gasteiger partial charge in [0.15, 0.2) is 0 Å². The van der Waals surface area contributed by atoms with Crippen LogP contribution in [0.15, 0.2) is 0 Å². The predicted molar refractivity (Wildman–Crippen MR) is 60.9 cm³/mol. The second-order valence-corrected chi connectivity index (χ2v) is 5.55. The van der Waals surface area contributed by atoms with Crippen LogP contribution in [-0.2, 0) is 4.79 Å². The molecule has 0 aromatic rings. The fraction of sp³-hybridized carbons (Fsp3) is 0.917. The van der Waals surface area contributed by atoms with Crippen LogP contribution in [0.1, 0.15) is 39.0 Å². The Labute approximate surface area is 96.4 Å². The van der Waals surface area contributed by atoms with Crippen molar-refractivity contribution in [2.24, 2.45) is 0 Å². The van der Waals surface area contributed by atoms with Crippen LogP contribution in [0.3, 0.4) is 0 Å². The van der Waals surface area contributed by atoms with Crippen LogP contribution < -0.4 is 5.32 Å². The first kappa shape index (κ1) is 11.8. The van der Waals surface area contributed by atoms with E-state index in [1.54, 1.807) is 0 Å². The molecule has 0 spiro atoms. The molecule has 2 atom stereocenters. The molecule has 1 saturated heterocycles. The Balaban J connectivity index is 1.92. The van der Waals surface area contributed by atoms with Crippen LogP contribution in [0.4, 0.5) is 4.39 Å². The third-order valence-corrected chi connectivity index (χ3v) is 3.93. The van der Waals surface area contributed by atoms with Gasteiger partial charge in [-0.1, -0.05) is 12.8 Å². The molecule has 0 aromatic carbocycles. The number of halogens is 1. The van der Waals surface area contributed by atoms with Crippen LogP contribution in [-0.4, -0.2) is 42.2 Å². The maximum Gasteiger partial charge on any atom is 0.237 e. The molecule has 16 heavy (non-hydrogen) atoms. The number of nitrogens with one attached hydrogen (secondary N) is 1. The Bertz CT molecular complexity index is 276. The Hall–Kier alpha value is -0.640. The van der Waals surface area contributed by atoms with E-state index in [2.05, 4.69) is 12.2 Å². The summed E-state index contributed by atoms with van der Waals surface area (Å²) in [6, 6.07) is -0.271. The molecule has 1 saturated carbocycles. The van der Waals surface area contributed by atoms with E-state index in [0.29, 0.717) is 13.0 Å². The Morgan fingerprint density at radius 3 is 2.56 bits per heavy atom. The first-order valence-corrected chi connectivity index (χ1v) is 6.16. The summed E-state index contributed by atoms with van der Waals surface area (Å²) in [4.78, 5) is 13.9. The molecule has 1 N–H and O–H groups in total. The van der Waals surface area contributed by atoms with Crippen molar-refractivity contribution in [2.75, 3.05) is 13.6 Å². The first-order valence-electron chi connectivity index (χ1n) is 6.16. The summed E-state index contributed by atoms with van der Waals surface area (Å²) in [6.07, 6.45) is 3.96. The minimum Gasteiger partial charge on any atom is -0.350 e. The summed E-state index contributed by atoms with van der Waals surface area (Å²) in [7, 11) is 1.82. The number of nitrogens with zero attached hydrogens (tertiary/aromatic N) is 1. The summed E-state index contributed by atoms with van der Waals surface area (Å²) >= 11 is 0. The number of hydrogen-bond donors (Lipinski definition) is 1. The van der Waals surface area contributed by atoms with Crippen molar-refractivity contribution >= 4 is 5.91 Å². The molecule has 1 amide bonds. The minimum atomic E-state index is -0.850. The molecule has 0 aromatic heterocycles. The quantitative estimate of drug-likeness (QED) is 0.776. The van der Waals surface area contributed by atoms with Gasteiger partial charge in [0.25, 0.3) is 0 Å². The predicted octanol–water partition coefficient (Wildman–Crippen LogP) is 1.48. The molecular weight excluding hydrogens is 207 g/mol. The largest absolute Gasteiger partial charge is 0.350 e. The van der Waals surface area contributed by atoms with Gasteiger partial charge in [-0.3, -0.25) is 9.69 Å². The highest BCUT2D eigenvalue weighted by Gasteiger charge is 2.38. The lowest BCUT2D eigenvalue weighted by Crippen LogP contribution is -2.50. The maximum absolute atomic E-state index is 13.2. The monoisotopic (exact) mass is 228 g/mol. The van der Waals surface area contributed by atoms with Crippen molar-refractivity contribution in [3.63, 3.8) is 0 Å². The molecule has 3 nitrogen and oxygen atoms in total. The molecule has 2 fully saturated rings. The van der Waals surface area contributed by atoms with E-state index in [-0.39, 0.29) is 17.5 Å². The van der Waals surface area contributed by atoms with Crippen LogP contribution in [0.25, 0.3) is 0 Å². The number of carbonyl (C=O) groups is 1. The van der Waals surface area contributed by atoms with Gasteiger partial charge in [0.05, 0.1) is 6.04 Å². The van der Waals surface area contributed by atoms with E-state index in [1.165, 1.54) is 12.8 Å². The summed E-state index contributed by atoms with van der Waals surface area (Å²) in [6.45, 7) is 2.48. The smallest absolute Gasteiger partial charge is 0.237 e. The van der Waals surface area contributed by atoms with Gasteiger partial charge in [-0.2, -0.15) is 0 Å². The third kappa shape index (κ3) is 2.37. The second kappa shape index (κ2) is 4.32. The van der Waals surface area contributed by atoms with Crippen molar-refractivity contribution in [1.82, 2.24) is 10.2 Å². The van der Waals surface area contributed by atoms with Crippen molar-refractivity contribution in [1.29, 1.82) is 0 Å². The van der Waals surface area contributed by atoms with E-state index < -0.39 is 6.17 Å². The lowest BCUT2D eigenvalue weighted by Gasteiger charge is -2.28. The minimum absolute atomic E-state index is 0.00653. The SMILES string of the molecule is CN1C[C@@H](F)C[C@H]1C(=O)NC1(C)CCCC1. The van der Waals surface area contributed by atoms with Gasteiger partial charge >= 0.3 is 0 Å². The molecule has 0 unspecified atom stereocenters. The fourth-order valence-electron chi connectivity index (χ4n) is 2.90. The number of likely N-dealkylation sites (N-methyl/N-ethyl adjacent to an activating group) is 1. The van der Waals surface area contributed by atoms with Crippen molar-refractivity contribution in [3.8, 4) is 0 Å². The van der Waals surface area contributed by atoms with Crippen LogP contribution in [0.5, 0.6) is 0 Å². The highest BCUT2D eigenvalue weighted by molar-refractivity contribution is 5.82. The van der Waals surface area contributed by atoms with E-state index in [4.69, 9.17) is 0 Å². The lowest BCUT2D eigenvalue weighted by molar-refractivity contribution is -0.126. The summed E-state index contributed by atoms with van der Waals surface area (Å²) in [5.74, 6) is 0.00653. The van der Waals surface area contributed by atoms with Gasteiger partial charge < -0.3 is 5.32 Å². The fourth-order valence-corrected chi connectivity index (χ4v) is 2.90. The van der Waals surface area contributed by atoms with Crippen molar-refractivity contribution < 1.29 is 9.18 Å². The number of carbonyl (C=O) groups excluding carboxylic acids is 1. The van der Waals surface area contributed by atoms with Crippen LogP contribution >= 0.6 is 0 Å². The molecule has 1 aliphatic heterocycles. The molecule has 1 aliphatic carbocycles. The molecule has 0 radical (unpaired) electrons. The molecule has 0 bridgehead atoms. The number of hydrogen-bond acceptors (Lipinski definition) is 2. The molecule has 2 rings (SSSR count). The normalized spacial score (nSPS) is 34.2. The average Bonchev–Trinajstić information content (AvgIpc) is 2.73. The second-order valence-electron chi connectivity index (χ2n) is 5.55. The van der Waals surface area contributed by atoms with Gasteiger partial charge in [0.2, 0.25) is 5.91 Å². The summed E-state index contributed by atoms with van der Waals surface area (Å²) in [5.41, 5.74) is -0.0493. The van der Waals surface area contributed by atoms with Crippen molar-refractivity contribution in [3.05, 3.63) is 0 Å². The van der Waals surface area contributed by atoms with Gasteiger partial charge in [-0.05, 0) is 26.8 Å². The third-order valence-electron chi connectivity index (χ3n) is 3.93. The van der Waals surface area contributed by atoms with Gasteiger partial charge in [-0.25, -0.2) is 4.39 Å². The zero-order valence-corrected chi connectivity index (χ0v) is 10.1. The summed E-state index contributed by atoms with van der Waals surface area (Å²) in [5, 5.41) is 3.10. The molecule has 4 heteroatoms. The van der Waals surface area contributed by atoms with Crippen LogP contribution in [0.2, 0.25) is 0 Å².